The molecule has 0 aromatic carbocycles. The molecule has 0 bridgehead atoms. The molecule has 1 rings (SSSR count). The number of carbonyl (C=O) groups excluding carboxylic acids is 2. The van der Waals surface area contributed by atoms with Gasteiger partial charge in [-0.25, -0.2) is 4.79 Å². The van der Waals surface area contributed by atoms with Crippen molar-refractivity contribution in [2.75, 3.05) is 11.9 Å². The van der Waals surface area contributed by atoms with Crippen LogP contribution >= 0.6 is 27.5 Å². The summed E-state index contributed by atoms with van der Waals surface area (Å²) in [6.07, 6.45) is 3.15. The van der Waals surface area contributed by atoms with Gasteiger partial charge >= 0.3 is 5.97 Å². The first-order valence-electron chi connectivity index (χ1n) is 6.22. The molecular formula is C12H17BrClNO4. The summed E-state index contributed by atoms with van der Waals surface area (Å²) in [5.41, 5.74) is -0.299. The number of hydrogen-bond donors (Lipinski definition) is 0. The molecule has 5 nitrogen and oxygen atoms in total. The van der Waals surface area contributed by atoms with Crippen molar-refractivity contribution >= 4 is 45.0 Å². The van der Waals surface area contributed by atoms with Gasteiger partial charge in [0, 0.05) is 5.38 Å². The van der Waals surface area contributed by atoms with Crippen LogP contribution in [0.25, 0.3) is 0 Å². The molecule has 1 saturated carbocycles. The van der Waals surface area contributed by atoms with E-state index in [1.54, 1.807) is 6.92 Å². The first kappa shape index (κ1) is 16.4. The minimum absolute atomic E-state index is 0.00241. The Morgan fingerprint density at radius 2 is 1.95 bits per heavy atom. The second-order valence-corrected chi connectivity index (χ2v) is 5.37. The number of oxime groups is 1. The van der Waals surface area contributed by atoms with Crippen molar-refractivity contribution in [2.24, 2.45) is 5.16 Å². The molecule has 0 unspecified atom stereocenters. The molecule has 1 aliphatic carbocycles. The van der Waals surface area contributed by atoms with Gasteiger partial charge in [-0.2, -0.15) is 0 Å². The first-order chi connectivity index (χ1) is 9.08. The quantitative estimate of drug-likeness (QED) is 0.242. The number of rotatable bonds is 6. The van der Waals surface area contributed by atoms with Crippen LogP contribution in [0.5, 0.6) is 0 Å². The van der Waals surface area contributed by atoms with Gasteiger partial charge in [-0.05, 0) is 32.6 Å². The number of ketones is 1. The summed E-state index contributed by atoms with van der Waals surface area (Å²) >= 11 is 8.98. The number of nitrogens with zero attached hydrogens (tertiary/aromatic N) is 1. The molecule has 0 N–H and O–H groups in total. The Kier molecular flexibility index (Phi) is 7.38. The van der Waals surface area contributed by atoms with Gasteiger partial charge in [0.15, 0.2) is 0 Å². The maximum atomic E-state index is 11.6. The molecule has 0 aliphatic heterocycles. The lowest BCUT2D eigenvalue weighted by Crippen LogP contribution is -2.29. The van der Waals surface area contributed by atoms with Crippen LogP contribution in [0.2, 0.25) is 0 Å². The number of esters is 1. The van der Waals surface area contributed by atoms with E-state index in [9.17, 15) is 9.59 Å². The van der Waals surface area contributed by atoms with Crippen molar-refractivity contribution < 1.29 is 19.2 Å². The Labute approximate surface area is 125 Å². The number of carbonyl (C=O) groups is 2. The smallest absolute Gasteiger partial charge is 0.364 e. The molecule has 0 saturated heterocycles. The first-order valence-corrected chi connectivity index (χ1v) is 7.78. The second kappa shape index (κ2) is 8.53. The van der Waals surface area contributed by atoms with Crippen LogP contribution in [0.1, 0.15) is 32.6 Å². The minimum atomic E-state index is -0.752. The van der Waals surface area contributed by atoms with Crippen LogP contribution in [-0.4, -0.2) is 40.9 Å². The van der Waals surface area contributed by atoms with Crippen LogP contribution < -0.4 is 0 Å². The van der Waals surface area contributed by atoms with E-state index in [4.69, 9.17) is 21.2 Å². The third kappa shape index (κ3) is 5.48. The highest BCUT2D eigenvalue weighted by atomic mass is 79.9. The number of alkyl halides is 2. The van der Waals surface area contributed by atoms with Crippen molar-refractivity contribution in [2.45, 2.75) is 44.1 Å². The predicted octanol–water partition coefficient (Wildman–Crippen LogP) is 2.44. The Balaban J connectivity index is 2.61. The van der Waals surface area contributed by atoms with E-state index in [0.717, 1.165) is 25.7 Å². The lowest BCUT2D eigenvalue weighted by Gasteiger charge is -2.23. The number of ether oxygens (including phenoxy) is 1. The van der Waals surface area contributed by atoms with Gasteiger partial charge in [-0.3, -0.25) is 4.79 Å². The average molecular weight is 355 g/mol. The fourth-order valence-corrected chi connectivity index (χ4v) is 2.24. The van der Waals surface area contributed by atoms with E-state index in [0.29, 0.717) is 0 Å². The molecule has 1 aliphatic rings. The second-order valence-electron chi connectivity index (χ2n) is 4.20. The monoisotopic (exact) mass is 353 g/mol. The van der Waals surface area contributed by atoms with Crippen LogP contribution in [0.3, 0.4) is 0 Å². The SMILES string of the molecule is CCOC(=O)/C(=N\O[C@H]1CC[C@@H](Cl)CC1)C(=O)CBr. The van der Waals surface area contributed by atoms with E-state index in [1.807, 2.05) is 0 Å². The predicted molar refractivity (Wildman–Crippen MR) is 75.9 cm³/mol. The van der Waals surface area contributed by atoms with Crippen LogP contribution in [0.15, 0.2) is 5.16 Å². The summed E-state index contributed by atoms with van der Waals surface area (Å²) in [5.74, 6) is -1.21. The number of halogens is 2. The molecule has 0 radical (unpaired) electrons. The molecule has 0 aromatic heterocycles. The molecule has 108 valence electrons. The van der Waals surface area contributed by atoms with E-state index < -0.39 is 11.8 Å². The summed E-state index contributed by atoms with van der Waals surface area (Å²) in [5, 5.41) is 3.86. The molecule has 7 heteroatoms. The summed E-state index contributed by atoms with van der Waals surface area (Å²) in [6.45, 7) is 1.85. The molecule has 19 heavy (non-hydrogen) atoms. The zero-order chi connectivity index (χ0) is 14.3. The summed E-state index contributed by atoms with van der Waals surface area (Å²) in [4.78, 5) is 28.4. The Morgan fingerprint density at radius 1 is 1.32 bits per heavy atom. The van der Waals surface area contributed by atoms with Crippen molar-refractivity contribution in [3.05, 3.63) is 0 Å². The van der Waals surface area contributed by atoms with Crippen molar-refractivity contribution in [1.82, 2.24) is 0 Å². The largest absolute Gasteiger partial charge is 0.461 e. The molecule has 1 fully saturated rings. The van der Waals surface area contributed by atoms with E-state index >= 15 is 0 Å². The fraction of sp³-hybridized carbons (Fsp3) is 0.750. The Morgan fingerprint density at radius 3 is 2.47 bits per heavy atom. The highest BCUT2D eigenvalue weighted by Crippen LogP contribution is 2.25. The zero-order valence-electron chi connectivity index (χ0n) is 10.7. The van der Waals surface area contributed by atoms with Crippen molar-refractivity contribution in [3.8, 4) is 0 Å². The van der Waals surface area contributed by atoms with Crippen molar-refractivity contribution in [3.63, 3.8) is 0 Å². The van der Waals surface area contributed by atoms with Gasteiger partial charge in [0.25, 0.3) is 0 Å². The fourth-order valence-electron chi connectivity index (χ4n) is 1.72. The minimum Gasteiger partial charge on any atom is -0.461 e. The summed E-state index contributed by atoms with van der Waals surface area (Å²) in [6, 6.07) is 0. The maximum absolute atomic E-state index is 11.6. The van der Waals surface area contributed by atoms with E-state index in [1.165, 1.54) is 0 Å². The summed E-state index contributed by atoms with van der Waals surface area (Å²) in [7, 11) is 0. The molecular weight excluding hydrogens is 337 g/mol. The van der Waals surface area contributed by atoms with Crippen LogP contribution in [0.4, 0.5) is 0 Å². The molecule has 0 atom stereocenters. The van der Waals surface area contributed by atoms with Crippen molar-refractivity contribution in [1.29, 1.82) is 0 Å². The maximum Gasteiger partial charge on any atom is 0.364 e. The molecule has 0 heterocycles. The lowest BCUT2D eigenvalue weighted by molar-refractivity contribution is -0.136. The average Bonchev–Trinajstić information content (AvgIpc) is 2.41. The Bertz CT molecular complexity index is 354. The van der Waals surface area contributed by atoms with Crippen LogP contribution in [-0.2, 0) is 19.2 Å². The summed E-state index contributed by atoms with van der Waals surface area (Å²) < 4.78 is 4.77. The van der Waals surface area contributed by atoms with Gasteiger partial charge in [0.2, 0.25) is 11.5 Å². The standard InChI is InChI=1S/C12H17BrClNO4/c1-2-18-12(17)11(10(16)7-13)15-19-9-5-3-8(14)4-6-9/h8-9H,2-7H2,1H3/b15-11-/t8-,9+. The van der Waals surface area contributed by atoms with Gasteiger partial charge < -0.3 is 9.57 Å². The number of hydrogen-bond acceptors (Lipinski definition) is 5. The van der Waals surface area contributed by atoms with E-state index in [-0.39, 0.29) is 29.1 Å². The number of Topliss-reactive ketones (excluding diaryl/α,β-unsaturated/α-hetero) is 1. The van der Waals surface area contributed by atoms with Gasteiger partial charge in [-0.15, -0.1) is 11.6 Å². The molecule has 0 spiro atoms. The topological polar surface area (TPSA) is 65.0 Å². The van der Waals surface area contributed by atoms with Gasteiger partial charge in [0.05, 0.1) is 11.9 Å². The zero-order valence-corrected chi connectivity index (χ0v) is 13.1. The lowest BCUT2D eigenvalue weighted by atomic mass is 9.97. The molecule has 0 amide bonds. The van der Waals surface area contributed by atoms with Crippen LogP contribution in [0, 0.1) is 0 Å². The Hall–Kier alpha value is -0.620. The van der Waals surface area contributed by atoms with Gasteiger partial charge in [-0.1, -0.05) is 21.1 Å². The highest BCUT2D eigenvalue weighted by molar-refractivity contribution is 9.09. The third-order valence-corrected chi connectivity index (χ3v) is 3.70. The molecule has 0 aromatic rings. The normalized spacial score (nSPS) is 23.8. The van der Waals surface area contributed by atoms with Gasteiger partial charge in [0.1, 0.15) is 6.10 Å². The highest BCUT2D eigenvalue weighted by Gasteiger charge is 2.24. The van der Waals surface area contributed by atoms with E-state index in [2.05, 4.69) is 21.1 Å². The third-order valence-electron chi connectivity index (χ3n) is 2.75.